The Labute approximate surface area is 135 Å². The topological polar surface area (TPSA) is 29.1 Å². The summed E-state index contributed by atoms with van der Waals surface area (Å²) in [5.74, 6) is -0.465. The molecule has 1 saturated carbocycles. The lowest BCUT2D eigenvalue weighted by atomic mass is 9.92. The minimum Gasteiger partial charge on any atom is -0.356 e. The van der Waals surface area contributed by atoms with Crippen LogP contribution in [-0.4, -0.2) is 26.5 Å². The first-order valence-electron chi connectivity index (χ1n) is 5.15. The fourth-order valence-corrected chi connectivity index (χ4v) is 5.36. The molecule has 0 radical (unpaired) electrons. The van der Waals surface area contributed by atoms with Crippen molar-refractivity contribution in [1.29, 1.82) is 0 Å². The van der Waals surface area contributed by atoms with Crippen molar-refractivity contribution in [3.63, 3.8) is 0 Å². The first-order valence-corrected chi connectivity index (χ1v) is 7.42. The van der Waals surface area contributed by atoms with Gasteiger partial charge in [-0.3, -0.25) is 4.79 Å². The van der Waals surface area contributed by atoms with E-state index < -0.39 is 14.1 Å². The highest BCUT2D eigenvalue weighted by Gasteiger charge is 2.78. The van der Waals surface area contributed by atoms with Crippen LogP contribution in [0.15, 0.2) is 10.1 Å². The van der Waals surface area contributed by atoms with Gasteiger partial charge in [0.1, 0.15) is 9.75 Å². The molecular formula is C10H9Cl6NO. The van der Waals surface area contributed by atoms with Crippen LogP contribution in [0.25, 0.3) is 0 Å². The van der Waals surface area contributed by atoms with E-state index in [1.165, 1.54) is 6.92 Å². The molecule has 2 bridgehead atoms. The van der Waals surface area contributed by atoms with Gasteiger partial charge in [0.25, 0.3) is 0 Å². The molecule has 1 fully saturated rings. The Morgan fingerprint density at radius 1 is 1.28 bits per heavy atom. The minimum absolute atomic E-state index is 0.160. The van der Waals surface area contributed by atoms with Gasteiger partial charge < -0.3 is 5.32 Å². The summed E-state index contributed by atoms with van der Waals surface area (Å²) in [6.45, 7) is 1.69. The second-order valence-electron chi connectivity index (χ2n) is 4.55. The van der Waals surface area contributed by atoms with E-state index in [2.05, 4.69) is 5.32 Å². The molecule has 1 amide bonds. The number of hydrogen-bond acceptors (Lipinski definition) is 1. The van der Waals surface area contributed by atoms with Crippen LogP contribution in [0.1, 0.15) is 13.3 Å². The number of carbonyl (C=O) groups is 1. The summed E-state index contributed by atoms with van der Waals surface area (Å²) >= 11 is 37.7. The maximum Gasteiger partial charge on any atom is 0.216 e. The highest BCUT2D eigenvalue weighted by molar-refractivity contribution is 6.65. The lowest BCUT2D eigenvalue weighted by Gasteiger charge is -2.33. The van der Waals surface area contributed by atoms with Gasteiger partial charge in [0.05, 0.1) is 10.1 Å². The first-order chi connectivity index (χ1) is 8.09. The molecule has 0 aromatic carbocycles. The number of allylic oxidation sites excluding steroid dienone is 2. The van der Waals surface area contributed by atoms with Crippen molar-refractivity contribution in [3.05, 3.63) is 10.1 Å². The summed E-state index contributed by atoms with van der Waals surface area (Å²) in [6, 6.07) is 0. The van der Waals surface area contributed by atoms with Crippen LogP contribution in [0.3, 0.4) is 0 Å². The number of alkyl halides is 4. The summed E-state index contributed by atoms with van der Waals surface area (Å²) in [7, 11) is 0. The van der Waals surface area contributed by atoms with Crippen molar-refractivity contribution < 1.29 is 4.79 Å². The third kappa shape index (κ3) is 1.66. The molecule has 0 aromatic rings. The van der Waals surface area contributed by atoms with E-state index in [-0.39, 0.29) is 28.4 Å². The highest BCUT2D eigenvalue weighted by Crippen LogP contribution is 2.74. The van der Waals surface area contributed by atoms with Gasteiger partial charge in [-0.1, -0.05) is 46.4 Å². The summed E-state index contributed by atoms with van der Waals surface area (Å²) in [5, 5.41) is 3.01. The molecule has 2 nitrogen and oxygen atoms in total. The van der Waals surface area contributed by atoms with Crippen LogP contribution in [0.4, 0.5) is 0 Å². The van der Waals surface area contributed by atoms with Gasteiger partial charge in [-0.25, -0.2) is 0 Å². The minimum atomic E-state index is -1.51. The zero-order chi connectivity index (χ0) is 13.9. The van der Waals surface area contributed by atoms with E-state index >= 15 is 0 Å². The maximum atomic E-state index is 11.0. The van der Waals surface area contributed by atoms with Crippen molar-refractivity contribution in [2.24, 2.45) is 5.92 Å². The van der Waals surface area contributed by atoms with Gasteiger partial charge in [-0.05, 0) is 6.42 Å². The van der Waals surface area contributed by atoms with Crippen molar-refractivity contribution >= 4 is 75.5 Å². The summed E-state index contributed by atoms with van der Waals surface area (Å²) in [5.41, 5.74) is 0. The predicted molar refractivity (Wildman–Crippen MR) is 77.1 cm³/mol. The molecular weight excluding hydrogens is 363 g/mol. The summed E-state index contributed by atoms with van der Waals surface area (Å²) in [4.78, 5) is 8.49. The van der Waals surface area contributed by atoms with E-state index in [4.69, 9.17) is 69.6 Å². The normalized spacial score (nSPS) is 41.4. The van der Waals surface area contributed by atoms with Crippen LogP contribution in [0.5, 0.6) is 0 Å². The quantitative estimate of drug-likeness (QED) is 0.731. The maximum absolute atomic E-state index is 11.0. The first kappa shape index (κ1) is 15.3. The van der Waals surface area contributed by atoms with Gasteiger partial charge >= 0.3 is 0 Å². The van der Waals surface area contributed by atoms with E-state index in [0.29, 0.717) is 6.42 Å². The molecule has 18 heavy (non-hydrogen) atoms. The molecule has 102 valence electrons. The molecule has 0 spiro atoms. The molecule has 0 aliphatic heterocycles. The zero-order valence-corrected chi connectivity index (χ0v) is 13.7. The molecule has 1 N–H and O–H groups in total. The predicted octanol–water partition coefficient (Wildman–Crippen LogP) is 3.97. The number of nitrogens with one attached hydrogen (secondary N) is 1. The zero-order valence-electron chi connectivity index (χ0n) is 9.17. The van der Waals surface area contributed by atoms with Crippen molar-refractivity contribution in [1.82, 2.24) is 5.32 Å². The Bertz CT molecular complexity index is 450. The van der Waals surface area contributed by atoms with Crippen molar-refractivity contribution in [3.8, 4) is 0 Å². The molecule has 0 aromatic heterocycles. The SMILES string of the molecule is CC(=O)NC[C@@H]1C[C@]2(Cl)C(Cl)=C(Cl)[C@]1(Cl)C2(Cl)Cl. The van der Waals surface area contributed by atoms with Gasteiger partial charge in [-0.2, -0.15) is 0 Å². The second kappa shape index (κ2) is 4.47. The number of halogens is 6. The smallest absolute Gasteiger partial charge is 0.216 e. The van der Waals surface area contributed by atoms with E-state index in [1.54, 1.807) is 0 Å². The molecule has 0 unspecified atom stereocenters. The lowest BCUT2D eigenvalue weighted by Crippen LogP contribution is -2.46. The van der Waals surface area contributed by atoms with E-state index in [9.17, 15) is 4.79 Å². The van der Waals surface area contributed by atoms with Gasteiger partial charge in [-0.15, -0.1) is 23.2 Å². The Kier molecular flexibility index (Phi) is 3.81. The van der Waals surface area contributed by atoms with Gasteiger partial charge in [0.2, 0.25) is 5.91 Å². The van der Waals surface area contributed by atoms with Gasteiger partial charge in [0, 0.05) is 19.4 Å². The molecule has 8 heteroatoms. The van der Waals surface area contributed by atoms with Crippen LogP contribution in [-0.2, 0) is 4.79 Å². The molecule has 3 atom stereocenters. The average molecular weight is 372 g/mol. The third-order valence-electron chi connectivity index (χ3n) is 3.50. The highest BCUT2D eigenvalue weighted by atomic mass is 35.5. The summed E-state index contributed by atoms with van der Waals surface area (Å²) in [6.07, 6.45) is 0.348. The second-order valence-corrected chi connectivity index (χ2v) is 7.88. The third-order valence-corrected chi connectivity index (χ3v) is 7.83. The number of hydrogen-bond donors (Lipinski definition) is 1. The number of carbonyl (C=O) groups excluding carboxylic acids is 1. The molecule has 0 saturated heterocycles. The van der Waals surface area contributed by atoms with Crippen LogP contribution in [0, 0.1) is 5.92 Å². The van der Waals surface area contributed by atoms with Crippen LogP contribution < -0.4 is 5.32 Å². The Morgan fingerprint density at radius 2 is 1.83 bits per heavy atom. The number of amides is 1. The Morgan fingerprint density at radius 3 is 2.22 bits per heavy atom. The largest absolute Gasteiger partial charge is 0.356 e. The fraction of sp³-hybridized carbons (Fsp3) is 0.700. The number of rotatable bonds is 2. The Hall–Kier alpha value is 0.950. The van der Waals surface area contributed by atoms with Crippen molar-refractivity contribution in [2.45, 2.75) is 27.4 Å². The Balaban J connectivity index is 2.40. The average Bonchev–Trinajstić information content (AvgIpc) is 2.48. The number of fused-ring (bicyclic) bond motifs is 2. The standard InChI is InChI=1S/C10H9Cl6NO/c1-4(18)17-3-5-2-8(13)6(11)7(12)9(5,14)10(8,15)16/h5H,2-3H2,1H3,(H,17,18)/t5-,8-,9-/m0/s1. The van der Waals surface area contributed by atoms with Crippen molar-refractivity contribution in [2.75, 3.05) is 6.54 Å². The molecule has 2 aliphatic rings. The molecule has 2 rings (SSSR count). The monoisotopic (exact) mass is 369 g/mol. The van der Waals surface area contributed by atoms with E-state index in [0.717, 1.165) is 0 Å². The van der Waals surface area contributed by atoms with Gasteiger partial charge in [0.15, 0.2) is 4.33 Å². The molecule has 2 aliphatic carbocycles. The lowest BCUT2D eigenvalue weighted by molar-refractivity contribution is -0.119. The molecule has 0 heterocycles. The summed E-state index contributed by atoms with van der Waals surface area (Å²) < 4.78 is -1.51. The fourth-order valence-electron chi connectivity index (χ4n) is 2.51. The van der Waals surface area contributed by atoms with Crippen LogP contribution >= 0.6 is 69.6 Å². The van der Waals surface area contributed by atoms with Crippen LogP contribution in [0.2, 0.25) is 0 Å². The van der Waals surface area contributed by atoms with E-state index in [1.807, 2.05) is 0 Å².